The maximum atomic E-state index is 12.4. The van der Waals surface area contributed by atoms with Gasteiger partial charge in [-0.3, -0.25) is 4.79 Å². The molecule has 5 heteroatoms. The molecule has 2 aromatic rings. The van der Waals surface area contributed by atoms with Crippen molar-refractivity contribution < 1.29 is 19.1 Å². The van der Waals surface area contributed by atoms with E-state index in [0.29, 0.717) is 23.4 Å². The van der Waals surface area contributed by atoms with Crippen LogP contribution in [-0.4, -0.2) is 25.6 Å². The molecule has 0 aliphatic carbocycles. The van der Waals surface area contributed by atoms with Crippen molar-refractivity contribution in [3.63, 3.8) is 0 Å². The zero-order valence-corrected chi connectivity index (χ0v) is 14.2. The number of amides is 1. The molecular weight excluding hydrogens is 318 g/mol. The van der Waals surface area contributed by atoms with Crippen LogP contribution in [0.1, 0.15) is 34.8 Å². The first-order valence-electron chi connectivity index (χ1n) is 8.11. The van der Waals surface area contributed by atoms with E-state index < -0.39 is 5.97 Å². The monoisotopic (exact) mass is 337 g/mol. The molecule has 0 saturated carbocycles. The highest BCUT2D eigenvalue weighted by Gasteiger charge is 2.25. The Bertz CT molecular complexity index is 855. The van der Waals surface area contributed by atoms with Crippen LogP contribution in [0.4, 0.5) is 5.69 Å². The second-order valence-corrected chi connectivity index (χ2v) is 5.65. The maximum absolute atomic E-state index is 12.4. The van der Waals surface area contributed by atoms with Crippen LogP contribution in [0.2, 0.25) is 0 Å². The molecule has 0 bridgehead atoms. The van der Waals surface area contributed by atoms with Gasteiger partial charge in [-0.1, -0.05) is 31.2 Å². The van der Waals surface area contributed by atoms with Crippen LogP contribution >= 0.6 is 0 Å². The van der Waals surface area contributed by atoms with Crippen molar-refractivity contribution in [3.8, 4) is 5.75 Å². The zero-order valence-electron chi connectivity index (χ0n) is 14.2. The molecule has 3 rings (SSSR count). The topological polar surface area (TPSA) is 64.6 Å². The van der Waals surface area contributed by atoms with Crippen molar-refractivity contribution in [1.29, 1.82) is 0 Å². The number of rotatable bonds is 5. The molecule has 0 spiro atoms. The number of hydrogen-bond donors (Lipinski definition) is 1. The molecule has 0 aromatic heterocycles. The highest BCUT2D eigenvalue weighted by atomic mass is 16.5. The lowest BCUT2D eigenvalue weighted by molar-refractivity contribution is -0.110. The highest BCUT2D eigenvalue weighted by molar-refractivity contribution is 6.35. The van der Waals surface area contributed by atoms with Gasteiger partial charge in [0.1, 0.15) is 5.75 Å². The molecule has 2 aromatic carbocycles. The molecule has 1 heterocycles. The van der Waals surface area contributed by atoms with Crippen LogP contribution in [0.3, 0.4) is 0 Å². The van der Waals surface area contributed by atoms with E-state index >= 15 is 0 Å². The summed E-state index contributed by atoms with van der Waals surface area (Å²) in [5, 5.41) is 2.79. The fourth-order valence-corrected chi connectivity index (χ4v) is 2.68. The second-order valence-electron chi connectivity index (χ2n) is 5.65. The van der Waals surface area contributed by atoms with Crippen LogP contribution in [0.15, 0.2) is 42.5 Å². The van der Waals surface area contributed by atoms with E-state index in [-0.39, 0.29) is 5.91 Å². The van der Waals surface area contributed by atoms with Crippen molar-refractivity contribution in [1.82, 2.24) is 0 Å². The first kappa shape index (κ1) is 16.8. The summed E-state index contributed by atoms with van der Waals surface area (Å²) >= 11 is 0. The van der Waals surface area contributed by atoms with Gasteiger partial charge in [0.2, 0.25) is 0 Å². The molecule has 0 fully saturated rings. The summed E-state index contributed by atoms with van der Waals surface area (Å²) in [5.41, 5.74) is 3.13. The Balaban J connectivity index is 1.99. The standard InChI is InChI=1S/C20H19NO4/c1-3-10-25-18-7-5-4-6-13(18)11-16-15-9-8-14(20(23)24-2)12-17(15)21-19(16)22/h4-9,11-12H,3,10H2,1-2H3,(H,21,22). The lowest BCUT2D eigenvalue weighted by atomic mass is 10.0. The van der Waals surface area contributed by atoms with Gasteiger partial charge in [0, 0.05) is 22.4 Å². The minimum absolute atomic E-state index is 0.206. The van der Waals surface area contributed by atoms with Gasteiger partial charge in [-0.25, -0.2) is 4.79 Å². The number of hydrogen-bond acceptors (Lipinski definition) is 4. The molecule has 1 N–H and O–H groups in total. The Labute approximate surface area is 146 Å². The predicted octanol–water partition coefficient (Wildman–Crippen LogP) is 3.75. The van der Waals surface area contributed by atoms with E-state index in [1.807, 2.05) is 37.3 Å². The fraction of sp³-hybridized carbons (Fsp3) is 0.200. The predicted molar refractivity (Wildman–Crippen MR) is 96.5 cm³/mol. The third-order valence-electron chi connectivity index (χ3n) is 3.90. The van der Waals surface area contributed by atoms with Crippen molar-refractivity contribution in [2.45, 2.75) is 13.3 Å². The first-order valence-corrected chi connectivity index (χ1v) is 8.11. The number of esters is 1. The largest absolute Gasteiger partial charge is 0.493 e. The lowest BCUT2D eigenvalue weighted by Crippen LogP contribution is -2.04. The summed E-state index contributed by atoms with van der Waals surface area (Å²) in [4.78, 5) is 24.0. The first-order chi connectivity index (χ1) is 12.1. The molecule has 0 unspecified atom stereocenters. The molecule has 0 saturated heterocycles. The Morgan fingerprint density at radius 2 is 2.00 bits per heavy atom. The second kappa shape index (κ2) is 7.21. The normalized spacial score (nSPS) is 14.2. The summed E-state index contributed by atoms with van der Waals surface area (Å²) in [6.45, 7) is 2.66. The summed E-state index contributed by atoms with van der Waals surface area (Å²) in [6, 6.07) is 12.6. The van der Waals surface area contributed by atoms with Gasteiger partial charge in [-0.2, -0.15) is 0 Å². The van der Waals surface area contributed by atoms with Crippen LogP contribution in [-0.2, 0) is 9.53 Å². The minimum atomic E-state index is -0.437. The van der Waals surface area contributed by atoms with Gasteiger partial charge in [0.05, 0.1) is 19.3 Å². The minimum Gasteiger partial charge on any atom is -0.493 e. The van der Waals surface area contributed by atoms with Crippen molar-refractivity contribution >= 4 is 29.2 Å². The number of fused-ring (bicyclic) bond motifs is 1. The SMILES string of the molecule is CCCOc1ccccc1C=C1C(=O)Nc2cc(C(=O)OC)ccc21. The average molecular weight is 337 g/mol. The number of carbonyl (C=O) groups excluding carboxylic acids is 2. The molecule has 1 aliphatic heterocycles. The van der Waals surface area contributed by atoms with Crippen LogP contribution in [0.25, 0.3) is 11.6 Å². The van der Waals surface area contributed by atoms with Crippen molar-refractivity contribution in [3.05, 3.63) is 59.2 Å². The summed E-state index contributed by atoms with van der Waals surface area (Å²) in [6.07, 6.45) is 2.72. The molecule has 1 amide bonds. The van der Waals surface area contributed by atoms with Crippen LogP contribution in [0, 0.1) is 0 Å². The number of para-hydroxylation sites is 1. The van der Waals surface area contributed by atoms with Crippen molar-refractivity contribution in [2.24, 2.45) is 0 Å². The number of carbonyl (C=O) groups is 2. The van der Waals surface area contributed by atoms with Gasteiger partial charge in [-0.05, 0) is 30.7 Å². The molecule has 1 aliphatic rings. The number of nitrogens with one attached hydrogen (secondary N) is 1. The highest BCUT2D eigenvalue weighted by Crippen LogP contribution is 2.35. The Kier molecular flexibility index (Phi) is 4.84. The van der Waals surface area contributed by atoms with E-state index in [2.05, 4.69) is 5.32 Å². The third-order valence-corrected chi connectivity index (χ3v) is 3.90. The van der Waals surface area contributed by atoms with Gasteiger partial charge >= 0.3 is 5.97 Å². The molecule has 0 atom stereocenters. The summed E-state index contributed by atoms with van der Waals surface area (Å²) in [7, 11) is 1.33. The van der Waals surface area contributed by atoms with E-state index in [1.54, 1.807) is 18.2 Å². The number of ether oxygens (including phenoxy) is 2. The Morgan fingerprint density at radius 3 is 2.76 bits per heavy atom. The molecule has 0 radical (unpaired) electrons. The third kappa shape index (κ3) is 3.40. The van der Waals surface area contributed by atoms with Crippen LogP contribution < -0.4 is 10.1 Å². The molecular formula is C20H19NO4. The van der Waals surface area contributed by atoms with Crippen LogP contribution in [0.5, 0.6) is 5.75 Å². The van der Waals surface area contributed by atoms with E-state index in [1.165, 1.54) is 7.11 Å². The van der Waals surface area contributed by atoms with Gasteiger partial charge in [0.15, 0.2) is 0 Å². The number of benzene rings is 2. The van der Waals surface area contributed by atoms with E-state index in [9.17, 15) is 9.59 Å². The molecule has 128 valence electrons. The van der Waals surface area contributed by atoms with E-state index in [4.69, 9.17) is 9.47 Å². The van der Waals surface area contributed by atoms with E-state index in [0.717, 1.165) is 23.3 Å². The Hall–Kier alpha value is -3.08. The van der Waals surface area contributed by atoms with Crippen molar-refractivity contribution in [2.75, 3.05) is 19.0 Å². The smallest absolute Gasteiger partial charge is 0.337 e. The molecule has 5 nitrogen and oxygen atoms in total. The van der Waals surface area contributed by atoms with Gasteiger partial charge < -0.3 is 14.8 Å². The molecule has 25 heavy (non-hydrogen) atoms. The maximum Gasteiger partial charge on any atom is 0.337 e. The quantitative estimate of drug-likeness (QED) is 0.666. The Morgan fingerprint density at radius 1 is 1.20 bits per heavy atom. The average Bonchev–Trinajstić information content (AvgIpc) is 2.95. The van der Waals surface area contributed by atoms with Gasteiger partial charge in [0.25, 0.3) is 5.91 Å². The zero-order chi connectivity index (χ0) is 17.8. The summed E-state index contributed by atoms with van der Waals surface area (Å²) in [5.74, 6) is 0.0966. The number of anilines is 1. The van der Waals surface area contributed by atoms with Gasteiger partial charge in [-0.15, -0.1) is 0 Å². The number of methoxy groups -OCH3 is 1. The fourth-order valence-electron chi connectivity index (χ4n) is 2.68. The lowest BCUT2D eigenvalue weighted by Gasteiger charge is -2.08. The summed E-state index contributed by atoms with van der Waals surface area (Å²) < 4.78 is 10.5.